The normalized spacial score (nSPS) is 15.5. The summed E-state index contributed by atoms with van der Waals surface area (Å²) in [5.41, 5.74) is 16.0. The number of hydrogen-bond acceptors (Lipinski definition) is 9. The summed E-state index contributed by atoms with van der Waals surface area (Å²) in [4.78, 5) is 51.8. The quantitative estimate of drug-likeness (QED) is 0.0506. The molecular weight excluding hydrogens is 434 g/mol. The fourth-order valence-electron chi connectivity index (χ4n) is 2.24. The number of thiol groups is 1. The summed E-state index contributed by atoms with van der Waals surface area (Å²) in [7, 11) is 0. The minimum Gasteiger partial charge on any atom is -0.480 e. The van der Waals surface area contributed by atoms with Crippen LogP contribution >= 0.6 is 12.6 Å². The number of aliphatic carboxylic acids is 1. The molecule has 3 amide bonds. The Labute approximate surface area is 184 Å². The summed E-state index contributed by atoms with van der Waals surface area (Å²) < 4.78 is 0. The van der Waals surface area contributed by atoms with Crippen molar-refractivity contribution in [3.05, 3.63) is 0 Å². The lowest BCUT2D eigenvalue weighted by Crippen LogP contribution is -2.59. The predicted molar refractivity (Wildman–Crippen MR) is 114 cm³/mol. The first-order chi connectivity index (χ1) is 14.4. The van der Waals surface area contributed by atoms with Gasteiger partial charge in [0.25, 0.3) is 0 Å². The molecule has 0 aliphatic heterocycles. The number of aliphatic hydroxyl groups excluding tert-OH is 2. The van der Waals surface area contributed by atoms with Crippen molar-refractivity contribution >= 4 is 42.3 Å². The first-order valence-electron chi connectivity index (χ1n) is 9.29. The van der Waals surface area contributed by atoms with Crippen molar-refractivity contribution in [2.75, 3.05) is 18.9 Å². The molecule has 0 heterocycles. The Bertz CT molecular complexity index is 658. The van der Waals surface area contributed by atoms with Crippen LogP contribution in [0.2, 0.25) is 0 Å². The van der Waals surface area contributed by atoms with E-state index in [4.69, 9.17) is 22.3 Å². The van der Waals surface area contributed by atoms with E-state index in [2.05, 4.69) is 33.6 Å². The predicted octanol–water partition coefficient (Wildman–Crippen LogP) is -4.79. The molecule has 0 aromatic rings. The Balaban J connectivity index is 5.35. The number of guanidine groups is 1. The molecule has 0 radical (unpaired) electrons. The topological polar surface area (TPSA) is 255 Å². The maximum absolute atomic E-state index is 12.5. The maximum atomic E-state index is 12.5. The number of carbonyl (C=O) groups excluding carboxylic acids is 3. The highest BCUT2D eigenvalue weighted by Gasteiger charge is 2.31. The van der Waals surface area contributed by atoms with Crippen molar-refractivity contribution in [2.45, 2.75) is 50.0 Å². The van der Waals surface area contributed by atoms with Crippen molar-refractivity contribution in [2.24, 2.45) is 22.2 Å². The van der Waals surface area contributed by atoms with Crippen molar-refractivity contribution < 1.29 is 34.5 Å². The number of nitrogens with zero attached hydrogens (tertiary/aromatic N) is 1. The van der Waals surface area contributed by atoms with Gasteiger partial charge in [-0.15, -0.1) is 0 Å². The molecule has 0 fully saturated rings. The highest BCUT2D eigenvalue weighted by atomic mass is 32.1. The van der Waals surface area contributed by atoms with E-state index in [9.17, 15) is 29.4 Å². The Kier molecular flexibility index (Phi) is 13.2. The van der Waals surface area contributed by atoms with Crippen molar-refractivity contribution in [1.29, 1.82) is 0 Å². The lowest BCUT2D eigenvalue weighted by Gasteiger charge is -2.25. The average Bonchev–Trinajstić information content (AvgIpc) is 2.70. The standard InChI is InChI=1S/C16H31N7O7S/c1-7(25)11(15(29)30)23-13(27)9(3-2-4-20-16(18)19)21-14(28)10(5-24)22-12(26)8(17)6-31/h7-11,24-25,31H,2-6,17H2,1H3,(H,21,28)(H,22,26)(H,23,27)(H,29,30)(H4,18,19,20). The van der Waals surface area contributed by atoms with Crippen molar-refractivity contribution in [3.8, 4) is 0 Å². The van der Waals surface area contributed by atoms with Crippen molar-refractivity contribution in [3.63, 3.8) is 0 Å². The van der Waals surface area contributed by atoms with Gasteiger partial charge in [0.1, 0.15) is 12.1 Å². The highest BCUT2D eigenvalue weighted by molar-refractivity contribution is 7.80. The van der Waals surface area contributed by atoms with Crippen LogP contribution in [0.5, 0.6) is 0 Å². The summed E-state index contributed by atoms with van der Waals surface area (Å²) in [6.45, 7) is 0.510. The molecule has 0 bridgehead atoms. The summed E-state index contributed by atoms with van der Waals surface area (Å²) >= 11 is 3.87. The summed E-state index contributed by atoms with van der Waals surface area (Å²) in [5.74, 6) is -4.20. The van der Waals surface area contributed by atoms with Gasteiger partial charge in [0.2, 0.25) is 17.7 Å². The molecule has 31 heavy (non-hydrogen) atoms. The lowest BCUT2D eigenvalue weighted by atomic mass is 10.1. The van der Waals surface area contributed by atoms with Gasteiger partial charge in [0.05, 0.1) is 18.8 Å². The Morgan fingerprint density at radius 2 is 1.58 bits per heavy atom. The molecule has 0 aliphatic carbocycles. The molecule has 0 saturated carbocycles. The molecule has 5 unspecified atom stereocenters. The zero-order chi connectivity index (χ0) is 24.1. The molecule has 0 aromatic heterocycles. The molecule has 14 nitrogen and oxygen atoms in total. The molecule has 5 atom stereocenters. The number of carboxylic acid groups (broad SMARTS) is 1. The number of nitrogens with one attached hydrogen (secondary N) is 3. The first kappa shape index (κ1) is 28.4. The van der Waals surface area contributed by atoms with E-state index in [1.54, 1.807) is 0 Å². The number of carboxylic acids is 1. The van der Waals surface area contributed by atoms with Gasteiger partial charge in [-0.25, -0.2) is 4.79 Å². The second-order valence-corrected chi connectivity index (χ2v) is 6.97. The Morgan fingerprint density at radius 3 is 2.03 bits per heavy atom. The van der Waals surface area contributed by atoms with Gasteiger partial charge in [-0.2, -0.15) is 12.6 Å². The molecule has 0 spiro atoms. The van der Waals surface area contributed by atoms with Gasteiger partial charge in [-0.05, 0) is 19.8 Å². The first-order valence-corrected chi connectivity index (χ1v) is 9.92. The van der Waals surface area contributed by atoms with Crippen LogP contribution in [0.15, 0.2) is 4.99 Å². The van der Waals surface area contributed by atoms with E-state index in [0.717, 1.165) is 0 Å². The van der Waals surface area contributed by atoms with Crippen LogP contribution in [0, 0.1) is 0 Å². The average molecular weight is 466 g/mol. The number of aliphatic hydroxyl groups is 2. The second-order valence-electron chi connectivity index (χ2n) is 6.61. The molecule has 0 aliphatic rings. The van der Waals surface area contributed by atoms with Crippen LogP contribution in [-0.4, -0.2) is 94.1 Å². The van der Waals surface area contributed by atoms with Gasteiger partial charge in [0.15, 0.2) is 12.0 Å². The third kappa shape index (κ3) is 10.8. The molecule has 0 saturated heterocycles. The highest BCUT2D eigenvalue weighted by Crippen LogP contribution is 2.03. The zero-order valence-corrected chi connectivity index (χ0v) is 17.9. The van der Waals surface area contributed by atoms with E-state index < -0.39 is 60.6 Å². The van der Waals surface area contributed by atoms with Crippen LogP contribution < -0.4 is 33.2 Å². The van der Waals surface area contributed by atoms with Gasteiger partial charge < -0.3 is 48.5 Å². The van der Waals surface area contributed by atoms with Crippen LogP contribution in [0.1, 0.15) is 19.8 Å². The number of hydrogen-bond donors (Lipinski definition) is 10. The smallest absolute Gasteiger partial charge is 0.328 e. The van der Waals surface area contributed by atoms with Gasteiger partial charge >= 0.3 is 5.97 Å². The summed E-state index contributed by atoms with van der Waals surface area (Å²) in [5, 5.41) is 34.8. The van der Waals surface area contributed by atoms with Gasteiger partial charge in [-0.3, -0.25) is 19.4 Å². The molecular formula is C16H31N7O7S. The largest absolute Gasteiger partial charge is 0.480 e. The van der Waals surface area contributed by atoms with E-state index >= 15 is 0 Å². The lowest BCUT2D eigenvalue weighted by molar-refractivity contribution is -0.145. The Morgan fingerprint density at radius 1 is 1.03 bits per heavy atom. The minimum atomic E-state index is -1.62. The number of amides is 3. The SMILES string of the molecule is CC(O)C(NC(=O)C(CCCN=C(N)N)NC(=O)C(CO)NC(=O)C(N)CS)C(=O)O. The van der Waals surface area contributed by atoms with E-state index in [1.807, 2.05) is 0 Å². The van der Waals surface area contributed by atoms with E-state index in [1.165, 1.54) is 6.92 Å². The Hall–Kier alpha value is -2.62. The fraction of sp³-hybridized carbons (Fsp3) is 0.688. The molecule has 0 rings (SSSR count). The third-order valence-electron chi connectivity index (χ3n) is 3.97. The molecule has 0 aromatic carbocycles. The third-order valence-corrected chi connectivity index (χ3v) is 4.37. The van der Waals surface area contributed by atoms with Crippen LogP contribution in [0.3, 0.4) is 0 Å². The van der Waals surface area contributed by atoms with E-state index in [0.29, 0.717) is 0 Å². The van der Waals surface area contributed by atoms with Crippen LogP contribution in [0.25, 0.3) is 0 Å². The molecule has 12 N–H and O–H groups in total. The van der Waals surface area contributed by atoms with Crippen LogP contribution in [0.4, 0.5) is 0 Å². The number of nitrogens with two attached hydrogens (primary N) is 3. The second kappa shape index (κ2) is 14.4. The maximum Gasteiger partial charge on any atom is 0.328 e. The molecule has 15 heteroatoms. The molecule has 178 valence electrons. The summed E-state index contributed by atoms with van der Waals surface area (Å²) in [6.07, 6.45) is -1.20. The number of carbonyl (C=O) groups is 4. The van der Waals surface area contributed by atoms with Gasteiger partial charge in [-0.1, -0.05) is 0 Å². The number of aliphatic imine (C=N–C) groups is 1. The van der Waals surface area contributed by atoms with Crippen LogP contribution in [-0.2, 0) is 19.2 Å². The zero-order valence-electron chi connectivity index (χ0n) is 17.0. The monoisotopic (exact) mass is 465 g/mol. The van der Waals surface area contributed by atoms with Gasteiger partial charge in [0, 0.05) is 12.3 Å². The number of rotatable bonds is 14. The minimum absolute atomic E-state index is 0.00263. The summed E-state index contributed by atoms with van der Waals surface area (Å²) in [6, 6.07) is -5.33. The van der Waals surface area contributed by atoms with E-state index in [-0.39, 0.29) is 31.1 Å². The van der Waals surface area contributed by atoms with Crippen molar-refractivity contribution in [1.82, 2.24) is 16.0 Å². The fourth-order valence-corrected chi connectivity index (χ4v) is 2.41.